The zero-order valence-electron chi connectivity index (χ0n) is 12.7. The lowest BCUT2D eigenvalue weighted by Gasteiger charge is -2.31. The van der Waals surface area contributed by atoms with Gasteiger partial charge in [-0.1, -0.05) is 13.8 Å². The summed E-state index contributed by atoms with van der Waals surface area (Å²) in [6.07, 6.45) is 6.29. The first kappa shape index (κ1) is 16.8. The van der Waals surface area contributed by atoms with Crippen molar-refractivity contribution in [3.05, 3.63) is 0 Å². The van der Waals surface area contributed by atoms with E-state index in [1.807, 2.05) is 6.26 Å². The highest BCUT2D eigenvalue weighted by Crippen LogP contribution is 2.33. The summed E-state index contributed by atoms with van der Waals surface area (Å²) in [6.45, 7) is 6.67. The van der Waals surface area contributed by atoms with Gasteiger partial charge >= 0.3 is 0 Å². The van der Waals surface area contributed by atoms with Crippen LogP contribution in [0.15, 0.2) is 0 Å². The van der Waals surface area contributed by atoms with E-state index in [1.54, 1.807) is 18.7 Å². The van der Waals surface area contributed by atoms with Crippen molar-refractivity contribution in [2.75, 3.05) is 18.6 Å². The van der Waals surface area contributed by atoms with Gasteiger partial charge in [0.25, 0.3) is 0 Å². The first-order chi connectivity index (χ1) is 8.85. The molecule has 19 heavy (non-hydrogen) atoms. The Kier molecular flexibility index (Phi) is 6.67. The van der Waals surface area contributed by atoms with E-state index in [4.69, 9.17) is 0 Å². The van der Waals surface area contributed by atoms with Gasteiger partial charge in [0.15, 0.2) is 0 Å². The maximum absolute atomic E-state index is 12.1. The minimum atomic E-state index is -0.801. The summed E-state index contributed by atoms with van der Waals surface area (Å²) >= 11 is 1.60. The van der Waals surface area contributed by atoms with Crippen LogP contribution in [0.4, 0.5) is 0 Å². The molecule has 0 saturated heterocycles. The van der Waals surface area contributed by atoms with Gasteiger partial charge < -0.3 is 10.4 Å². The number of amides is 1. The Hall–Kier alpha value is -0.220. The first-order valence-corrected chi connectivity index (χ1v) is 8.74. The Balaban J connectivity index is 2.32. The summed E-state index contributed by atoms with van der Waals surface area (Å²) in [6, 6.07) is 0. The number of aliphatic hydroxyl groups is 1. The number of nitrogens with one attached hydrogen (secondary N) is 1. The third-order valence-electron chi connectivity index (χ3n) is 4.18. The molecule has 112 valence electrons. The van der Waals surface area contributed by atoms with Crippen LogP contribution in [0.25, 0.3) is 0 Å². The third-order valence-corrected chi connectivity index (χ3v) is 5.09. The van der Waals surface area contributed by atoms with Gasteiger partial charge in [-0.05, 0) is 50.7 Å². The predicted molar refractivity (Wildman–Crippen MR) is 82.3 cm³/mol. The molecule has 0 aliphatic heterocycles. The number of carbonyl (C=O) groups is 1. The van der Waals surface area contributed by atoms with Crippen molar-refractivity contribution in [2.45, 2.75) is 52.1 Å². The van der Waals surface area contributed by atoms with E-state index in [2.05, 4.69) is 19.2 Å². The summed E-state index contributed by atoms with van der Waals surface area (Å²) in [4.78, 5) is 12.1. The van der Waals surface area contributed by atoms with Crippen LogP contribution in [0.5, 0.6) is 0 Å². The van der Waals surface area contributed by atoms with E-state index in [0.717, 1.165) is 37.5 Å². The van der Waals surface area contributed by atoms with Crippen LogP contribution in [-0.2, 0) is 4.79 Å². The van der Waals surface area contributed by atoms with Gasteiger partial charge in [-0.15, -0.1) is 0 Å². The molecule has 0 heterocycles. The lowest BCUT2D eigenvalue weighted by molar-refractivity contribution is -0.127. The fourth-order valence-corrected chi connectivity index (χ4v) is 3.56. The van der Waals surface area contributed by atoms with Crippen LogP contribution in [0, 0.1) is 17.8 Å². The van der Waals surface area contributed by atoms with E-state index >= 15 is 0 Å². The maximum atomic E-state index is 12.1. The average Bonchev–Trinajstić information content (AvgIpc) is 2.36. The van der Waals surface area contributed by atoms with Gasteiger partial charge in [0.05, 0.1) is 5.60 Å². The van der Waals surface area contributed by atoms with Crippen LogP contribution in [-0.4, -0.2) is 35.2 Å². The minimum absolute atomic E-state index is 0.128. The monoisotopic (exact) mass is 287 g/mol. The predicted octanol–water partition coefficient (Wildman–Crippen LogP) is 2.68. The molecule has 3 nitrogen and oxygen atoms in total. The topological polar surface area (TPSA) is 49.3 Å². The van der Waals surface area contributed by atoms with E-state index in [0.29, 0.717) is 12.3 Å². The SMILES string of the molecule is CSCC(C)(O)CNC(=O)C1CCC(C(C)C)CC1. The molecule has 1 unspecified atom stereocenters. The summed E-state index contributed by atoms with van der Waals surface area (Å²) in [5, 5.41) is 13.0. The van der Waals surface area contributed by atoms with Crippen molar-refractivity contribution >= 4 is 17.7 Å². The minimum Gasteiger partial charge on any atom is -0.387 e. The Morgan fingerprint density at radius 3 is 2.42 bits per heavy atom. The largest absolute Gasteiger partial charge is 0.387 e. The summed E-state index contributed by atoms with van der Waals surface area (Å²) < 4.78 is 0. The molecule has 0 aromatic heterocycles. The number of thioether (sulfide) groups is 1. The molecule has 0 radical (unpaired) electrons. The van der Waals surface area contributed by atoms with Crippen molar-refractivity contribution in [1.82, 2.24) is 5.32 Å². The van der Waals surface area contributed by atoms with Crippen molar-refractivity contribution in [3.63, 3.8) is 0 Å². The van der Waals surface area contributed by atoms with Crippen molar-refractivity contribution in [3.8, 4) is 0 Å². The van der Waals surface area contributed by atoms with Crippen molar-refractivity contribution in [2.24, 2.45) is 17.8 Å². The van der Waals surface area contributed by atoms with E-state index in [1.165, 1.54) is 0 Å². The van der Waals surface area contributed by atoms with E-state index < -0.39 is 5.60 Å². The van der Waals surface area contributed by atoms with E-state index in [-0.39, 0.29) is 11.8 Å². The Morgan fingerprint density at radius 1 is 1.37 bits per heavy atom. The second-order valence-electron chi connectivity index (χ2n) is 6.50. The molecule has 1 atom stereocenters. The zero-order chi connectivity index (χ0) is 14.5. The molecule has 0 aromatic carbocycles. The van der Waals surface area contributed by atoms with Gasteiger partial charge in [0, 0.05) is 18.2 Å². The Labute approximate surface area is 121 Å². The molecular formula is C15H29NO2S. The summed E-state index contributed by atoms with van der Waals surface area (Å²) in [5.74, 6) is 2.44. The molecule has 1 fully saturated rings. The van der Waals surface area contributed by atoms with Crippen molar-refractivity contribution in [1.29, 1.82) is 0 Å². The van der Waals surface area contributed by atoms with Gasteiger partial charge in [-0.2, -0.15) is 11.8 Å². The van der Waals surface area contributed by atoms with Crippen LogP contribution >= 0.6 is 11.8 Å². The molecule has 0 spiro atoms. The number of hydrogen-bond acceptors (Lipinski definition) is 3. The Bertz CT molecular complexity index is 284. The molecule has 4 heteroatoms. The fourth-order valence-electron chi connectivity index (χ4n) is 2.83. The van der Waals surface area contributed by atoms with Crippen molar-refractivity contribution < 1.29 is 9.90 Å². The van der Waals surface area contributed by atoms with Crippen LogP contribution < -0.4 is 5.32 Å². The molecular weight excluding hydrogens is 258 g/mol. The number of rotatable bonds is 6. The summed E-state index contributed by atoms with van der Waals surface area (Å²) in [7, 11) is 0. The van der Waals surface area contributed by atoms with Gasteiger partial charge in [-0.3, -0.25) is 4.79 Å². The van der Waals surface area contributed by atoms with Crippen LogP contribution in [0.3, 0.4) is 0 Å². The number of hydrogen-bond donors (Lipinski definition) is 2. The smallest absolute Gasteiger partial charge is 0.223 e. The lowest BCUT2D eigenvalue weighted by Crippen LogP contribution is -2.45. The molecule has 1 rings (SSSR count). The molecule has 1 amide bonds. The highest BCUT2D eigenvalue weighted by Gasteiger charge is 2.29. The molecule has 1 aliphatic rings. The van der Waals surface area contributed by atoms with Gasteiger partial charge in [0.2, 0.25) is 5.91 Å². The average molecular weight is 287 g/mol. The zero-order valence-corrected chi connectivity index (χ0v) is 13.6. The van der Waals surface area contributed by atoms with Gasteiger partial charge in [-0.25, -0.2) is 0 Å². The highest BCUT2D eigenvalue weighted by molar-refractivity contribution is 7.98. The lowest BCUT2D eigenvalue weighted by atomic mass is 9.76. The standard InChI is InChI=1S/C15H29NO2S/c1-11(2)12-5-7-13(8-6-12)14(17)16-9-15(3,18)10-19-4/h11-13,18H,5-10H2,1-4H3,(H,16,17). The molecule has 0 bridgehead atoms. The fraction of sp³-hybridized carbons (Fsp3) is 0.933. The summed E-state index contributed by atoms with van der Waals surface area (Å²) in [5.41, 5.74) is -0.801. The molecule has 0 aromatic rings. The normalized spacial score (nSPS) is 27.1. The van der Waals surface area contributed by atoms with E-state index in [9.17, 15) is 9.90 Å². The maximum Gasteiger partial charge on any atom is 0.223 e. The highest BCUT2D eigenvalue weighted by atomic mass is 32.2. The quantitative estimate of drug-likeness (QED) is 0.789. The third kappa shape index (κ3) is 5.74. The first-order valence-electron chi connectivity index (χ1n) is 7.35. The van der Waals surface area contributed by atoms with Crippen LogP contribution in [0.2, 0.25) is 0 Å². The molecule has 1 aliphatic carbocycles. The molecule has 1 saturated carbocycles. The van der Waals surface area contributed by atoms with Crippen LogP contribution in [0.1, 0.15) is 46.5 Å². The Morgan fingerprint density at radius 2 is 1.95 bits per heavy atom. The second kappa shape index (κ2) is 7.53. The van der Waals surface area contributed by atoms with Gasteiger partial charge in [0.1, 0.15) is 0 Å². The molecule has 2 N–H and O–H groups in total. The number of carbonyl (C=O) groups excluding carboxylic acids is 1. The second-order valence-corrected chi connectivity index (χ2v) is 7.37.